The van der Waals surface area contributed by atoms with E-state index < -0.39 is 0 Å². The zero-order chi connectivity index (χ0) is 16.2. The minimum absolute atomic E-state index is 0.192. The van der Waals surface area contributed by atoms with Crippen molar-refractivity contribution in [1.82, 2.24) is 0 Å². The van der Waals surface area contributed by atoms with E-state index in [4.69, 9.17) is 11.6 Å². The molecule has 0 heterocycles. The van der Waals surface area contributed by atoms with Crippen LogP contribution in [-0.4, -0.2) is 0 Å². The Hall–Kier alpha value is -1.27. The molecule has 0 bridgehead atoms. The maximum Gasteiger partial charge on any atom is 0.0406 e. The lowest BCUT2D eigenvalue weighted by molar-refractivity contribution is 0.455. The summed E-state index contributed by atoms with van der Waals surface area (Å²) in [6.45, 7) is 9.29. The van der Waals surface area contributed by atoms with E-state index in [-0.39, 0.29) is 5.41 Å². The lowest BCUT2D eigenvalue weighted by Gasteiger charge is -2.30. The van der Waals surface area contributed by atoms with Crippen LogP contribution in [0.2, 0.25) is 5.02 Å². The number of rotatable bonds is 6. The molecule has 0 radical (unpaired) electrons. The Bertz CT molecular complexity index is 608. The van der Waals surface area contributed by atoms with Crippen molar-refractivity contribution in [2.45, 2.75) is 58.8 Å². The van der Waals surface area contributed by atoms with Gasteiger partial charge in [-0.3, -0.25) is 0 Å². The molecule has 0 N–H and O–H groups in total. The summed E-state index contributed by atoms with van der Waals surface area (Å²) in [4.78, 5) is 0. The van der Waals surface area contributed by atoms with Crippen molar-refractivity contribution >= 4 is 11.6 Å². The van der Waals surface area contributed by atoms with Crippen LogP contribution in [-0.2, 0) is 11.8 Å². The highest BCUT2D eigenvalue weighted by Gasteiger charge is 2.26. The van der Waals surface area contributed by atoms with Crippen molar-refractivity contribution in [1.29, 1.82) is 0 Å². The van der Waals surface area contributed by atoms with Crippen LogP contribution in [0.15, 0.2) is 42.5 Å². The van der Waals surface area contributed by atoms with Crippen molar-refractivity contribution in [3.05, 3.63) is 58.6 Å². The summed E-state index contributed by atoms with van der Waals surface area (Å²) in [5.74, 6) is 0. The van der Waals surface area contributed by atoms with Gasteiger partial charge in [-0.05, 0) is 52.6 Å². The van der Waals surface area contributed by atoms with Gasteiger partial charge in [0, 0.05) is 5.02 Å². The van der Waals surface area contributed by atoms with Crippen molar-refractivity contribution in [3.63, 3.8) is 0 Å². The molecule has 0 fully saturated rings. The zero-order valence-corrected chi connectivity index (χ0v) is 15.0. The average molecular weight is 315 g/mol. The van der Waals surface area contributed by atoms with E-state index in [1.807, 2.05) is 12.1 Å². The average Bonchev–Trinajstić information content (AvgIpc) is 2.53. The van der Waals surface area contributed by atoms with Crippen LogP contribution < -0.4 is 0 Å². The van der Waals surface area contributed by atoms with E-state index in [0.29, 0.717) is 0 Å². The first-order valence-corrected chi connectivity index (χ1v) is 8.75. The molecule has 0 saturated carbocycles. The fourth-order valence-electron chi connectivity index (χ4n) is 3.31. The third kappa shape index (κ3) is 3.73. The first-order valence-electron chi connectivity index (χ1n) is 8.38. The van der Waals surface area contributed by atoms with Crippen LogP contribution in [0, 0.1) is 0 Å². The lowest BCUT2D eigenvalue weighted by atomic mass is 9.74. The molecular formula is C21H27Cl. The standard InChI is InChI=1S/C21H27Cl/c1-5-7-15-21(3,4)20-16(6-2)9-8-10-19(20)17-11-13-18(22)14-12-17/h8-14H,5-7,15H2,1-4H3. The number of aryl methyl sites for hydroxylation is 1. The molecule has 22 heavy (non-hydrogen) atoms. The number of halogens is 1. The summed E-state index contributed by atoms with van der Waals surface area (Å²) in [6, 6.07) is 15.0. The summed E-state index contributed by atoms with van der Waals surface area (Å²) in [5.41, 5.74) is 5.79. The third-order valence-corrected chi connectivity index (χ3v) is 4.77. The molecule has 0 aliphatic heterocycles. The van der Waals surface area contributed by atoms with Gasteiger partial charge >= 0.3 is 0 Å². The number of hydrogen-bond donors (Lipinski definition) is 0. The van der Waals surface area contributed by atoms with Crippen LogP contribution in [0.3, 0.4) is 0 Å². The second kappa shape index (κ2) is 7.33. The molecule has 0 aromatic heterocycles. The Morgan fingerprint density at radius 3 is 2.23 bits per heavy atom. The van der Waals surface area contributed by atoms with Crippen molar-refractivity contribution < 1.29 is 0 Å². The lowest BCUT2D eigenvalue weighted by Crippen LogP contribution is -2.20. The summed E-state index contributed by atoms with van der Waals surface area (Å²) < 4.78 is 0. The van der Waals surface area contributed by atoms with Crippen molar-refractivity contribution in [3.8, 4) is 11.1 Å². The molecule has 0 aliphatic rings. The smallest absolute Gasteiger partial charge is 0.0406 e. The second-order valence-electron chi connectivity index (χ2n) is 6.69. The van der Waals surface area contributed by atoms with Gasteiger partial charge in [0.1, 0.15) is 0 Å². The maximum atomic E-state index is 6.06. The molecule has 0 atom stereocenters. The Labute approximate surface area is 140 Å². The van der Waals surface area contributed by atoms with Gasteiger partial charge in [-0.25, -0.2) is 0 Å². The topological polar surface area (TPSA) is 0 Å². The monoisotopic (exact) mass is 314 g/mol. The van der Waals surface area contributed by atoms with Crippen LogP contribution >= 0.6 is 11.6 Å². The molecular weight excluding hydrogens is 288 g/mol. The van der Waals surface area contributed by atoms with Gasteiger partial charge in [0.15, 0.2) is 0 Å². The summed E-state index contributed by atoms with van der Waals surface area (Å²) >= 11 is 6.06. The summed E-state index contributed by atoms with van der Waals surface area (Å²) in [7, 11) is 0. The fourth-order valence-corrected chi connectivity index (χ4v) is 3.43. The Kier molecular flexibility index (Phi) is 5.69. The normalized spacial score (nSPS) is 11.7. The molecule has 118 valence electrons. The van der Waals surface area contributed by atoms with Crippen LogP contribution in [0.25, 0.3) is 11.1 Å². The SMILES string of the molecule is CCCCC(C)(C)c1c(CC)cccc1-c1ccc(Cl)cc1. The summed E-state index contributed by atoms with van der Waals surface area (Å²) in [6.07, 6.45) is 4.81. The molecule has 0 amide bonds. The largest absolute Gasteiger partial charge is 0.0843 e. The molecule has 0 unspecified atom stereocenters. The predicted molar refractivity (Wildman–Crippen MR) is 98.8 cm³/mol. The third-order valence-electron chi connectivity index (χ3n) is 4.52. The molecule has 2 aromatic rings. The van der Waals surface area contributed by atoms with Gasteiger partial charge in [-0.15, -0.1) is 0 Å². The Morgan fingerprint density at radius 1 is 0.955 bits per heavy atom. The first kappa shape index (κ1) is 17.1. The Morgan fingerprint density at radius 2 is 1.64 bits per heavy atom. The van der Waals surface area contributed by atoms with Gasteiger partial charge in [-0.1, -0.05) is 82.5 Å². The molecule has 0 spiro atoms. The predicted octanol–water partition coefficient (Wildman–Crippen LogP) is 7.04. The highest BCUT2D eigenvalue weighted by atomic mass is 35.5. The zero-order valence-electron chi connectivity index (χ0n) is 14.2. The Balaban J connectivity index is 2.57. The minimum Gasteiger partial charge on any atom is -0.0843 e. The van der Waals surface area contributed by atoms with E-state index in [2.05, 4.69) is 58.0 Å². The first-order chi connectivity index (χ1) is 10.5. The van der Waals surface area contributed by atoms with Gasteiger partial charge < -0.3 is 0 Å². The molecule has 2 aromatic carbocycles. The van der Waals surface area contributed by atoms with Crippen LogP contribution in [0.4, 0.5) is 0 Å². The minimum atomic E-state index is 0.192. The fraction of sp³-hybridized carbons (Fsp3) is 0.429. The van der Waals surface area contributed by atoms with Gasteiger partial charge in [0.05, 0.1) is 0 Å². The number of hydrogen-bond acceptors (Lipinski definition) is 0. The van der Waals surface area contributed by atoms with Crippen molar-refractivity contribution in [2.24, 2.45) is 0 Å². The molecule has 0 saturated heterocycles. The highest BCUT2D eigenvalue weighted by Crippen LogP contribution is 2.39. The second-order valence-corrected chi connectivity index (χ2v) is 7.12. The highest BCUT2D eigenvalue weighted by molar-refractivity contribution is 6.30. The van der Waals surface area contributed by atoms with E-state index in [0.717, 1.165) is 11.4 Å². The number of benzene rings is 2. The maximum absolute atomic E-state index is 6.06. The molecule has 0 aliphatic carbocycles. The van der Waals surface area contributed by atoms with Gasteiger partial charge in [-0.2, -0.15) is 0 Å². The molecule has 1 heteroatoms. The summed E-state index contributed by atoms with van der Waals surface area (Å²) in [5, 5.41) is 0.794. The molecule has 0 nitrogen and oxygen atoms in total. The van der Waals surface area contributed by atoms with Gasteiger partial charge in [0.25, 0.3) is 0 Å². The quantitative estimate of drug-likeness (QED) is 0.536. The van der Waals surface area contributed by atoms with E-state index >= 15 is 0 Å². The van der Waals surface area contributed by atoms with Crippen molar-refractivity contribution in [2.75, 3.05) is 0 Å². The van der Waals surface area contributed by atoms with Crippen LogP contribution in [0.5, 0.6) is 0 Å². The van der Waals surface area contributed by atoms with Crippen LogP contribution in [0.1, 0.15) is 58.1 Å². The van der Waals surface area contributed by atoms with Gasteiger partial charge in [0.2, 0.25) is 0 Å². The van der Waals surface area contributed by atoms with E-state index in [1.165, 1.54) is 41.5 Å². The molecule has 2 rings (SSSR count). The van der Waals surface area contributed by atoms with E-state index in [1.54, 1.807) is 0 Å². The number of unbranched alkanes of at least 4 members (excludes halogenated alkanes) is 1. The van der Waals surface area contributed by atoms with E-state index in [9.17, 15) is 0 Å².